The predicted octanol–water partition coefficient (Wildman–Crippen LogP) is 3.60. The van der Waals surface area contributed by atoms with Crippen LogP contribution in [0.3, 0.4) is 0 Å². The lowest BCUT2D eigenvalue weighted by atomic mass is 10.2. The highest BCUT2D eigenvalue weighted by Gasteiger charge is 2.23. The lowest BCUT2D eigenvalue weighted by molar-refractivity contribution is -0.114. The first-order valence-corrected chi connectivity index (χ1v) is 11.6. The van der Waals surface area contributed by atoms with Crippen LogP contribution in [0.4, 0.5) is 11.4 Å². The Morgan fingerprint density at radius 1 is 0.765 bits per heavy atom. The first kappa shape index (κ1) is 24.7. The predicted molar refractivity (Wildman–Crippen MR) is 128 cm³/mol. The van der Waals surface area contributed by atoms with E-state index in [2.05, 4.69) is 10.6 Å². The Bertz CT molecular complexity index is 1280. The number of sulfone groups is 1. The van der Waals surface area contributed by atoms with Crippen molar-refractivity contribution in [2.24, 2.45) is 0 Å². The number of benzene rings is 3. The van der Waals surface area contributed by atoms with E-state index in [4.69, 9.17) is 18.9 Å². The zero-order valence-electron chi connectivity index (χ0n) is 19.2. The number of ether oxygens (including phenoxy) is 4. The van der Waals surface area contributed by atoms with Gasteiger partial charge in [0.15, 0.2) is 11.5 Å². The Morgan fingerprint density at radius 2 is 1.47 bits per heavy atom. The molecule has 9 nitrogen and oxygen atoms in total. The van der Waals surface area contributed by atoms with E-state index in [0.717, 1.165) is 0 Å². The number of carbonyl (C=O) groups excluding carboxylic acids is 1. The molecule has 1 amide bonds. The zero-order chi connectivity index (χ0) is 24.7. The van der Waals surface area contributed by atoms with Crippen LogP contribution in [0.15, 0.2) is 70.5 Å². The summed E-state index contributed by atoms with van der Waals surface area (Å²) in [6.45, 7) is -0.173. The van der Waals surface area contributed by atoms with E-state index < -0.39 is 9.84 Å². The van der Waals surface area contributed by atoms with Gasteiger partial charge in [0.05, 0.1) is 56.1 Å². The van der Waals surface area contributed by atoms with Gasteiger partial charge in [0, 0.05) is 12.1 Å². The molecule has 0 bridgehead atoms. The van der Waals surface area contributed by atoms with E-state index in [9.17, 15) is 13.2 Å². The summed E-state index contributed by atoms with van der Waals surface area (Å²) in [5.41, 5.74) is 0.746. The normalized spacial score (nSPS) is 10.8. The minimum atomic E-state index is -3.92. The Labute approximate surface area is 198 Å². The standard InChI is InChI=1S/C24H26N2O7S/c1-30-16-9-11-18(21(13-16)32-3)26-24(27)15-25-19-7-5-6-8-23(19)34(28,29)17-10-12-20(31-2)22(14-17)33-4/h5-14,25H,15H2,1-4H3,(H,26,27). The van der Waals surface area contributed by atoms with Crippen molar-refractivity contribution in [2.45, 2.75) is 9.79 Å². The third-order valence-electron chi connectivity index (χ3n) is 4.96. The van der Waals surface area contributed by atoms with Crippen LogP contribution in [-0.4, -0.2) is 49.3 Å². The third kappa shape index (κ3) is 5.34. The summed E-state index contributed by atoms with van der Waals surface area (Å²) in [7, 11) is 2.00. The number of anilines is 2. The van der Waals surface area contributed by atoms with Crippen LogP contribution >= 0.6 is 0 Å². The smallest absolute Gasteiger partial charge is 0.243 e. The average Bonchev–Trinajstić information content (AvgIpc) is 2.87. The first-order chi connectivity index (χ1) is 16.3. The van der Waals surface area contributed by atoms with E-state index in [0.29, 0.717) is 28.7 Å². The molecule has 0 spiro atoms. The van der Waals surface area contributed by atoms with E-state index in [1.807, 2.05) is 0 Å². The molecule has 0 atom stereocenters. The van der Waals surface area contributed by atoms with Gasteiger partial charge in [0.2, 0.25) is 15.7 Å². The molecule has 3 aromatic carbocycles. The minimum absolute atomic E-state index is 0.0250. The van der Waals surface area contributed by atoms with Crippen molar-refractivity contribution >= 4 is 27.1 Å². The summed E-state index contributed by atoms with van der Waals surface area (Å²) in [4.78, 5) is 12.6. The molecule has 10 heteroatoms. The van der Waals surface area contributed by atoms with Gasteiger partial charge in [-0.3, -0.25) is 4.79 Å². The van der Waals surface area contributed by atoms with E-state index in [1.165, 1.54) is 52.7 Å². The fraction of sp³-hybridized carbons (Fsp3) is 0.208. The van der Waals surface area contributed by atoms with Crippen LogP contribution in [0.25, 0.3) is 0 Å². The Hall–Kier alpha value is -3.92. The fourth-order valence-corrected chi connectivity index (χ4v) is 4.68. The maximum absolute atomic E-state index is 13.3. The van der Waals surface area contributed by atoms with Gasteiger partial charge >= 0.3 is 0 Å². The van der Waals surface area contributed by atoms with Gasteiger partial charge < -0.3 is 29.6 Å². The second-order valence-electron chi connectivity index (χ2n) is 6.98. The first-order valence-electron chi connectivity index (χ1n) is 10.2. The molecule has 0 radical (unpaired) electrons. The molecule has 0 aliphatic rings. The summed E-state index contributed by atoms with van der Waals surface area (Å²) in [6.07, 6.45) is 0. The molecule has 34 heavy (non-hydrogen) atoms. The molecular formula is C24H26N2O7S. The summed E-state index contributed by atoms with van der Waals surface area (Å²) in [5, 5.41) is 5.65. The summed E-state index contributed by atoms with van der Waals surface area (Å²) in [6, 6.07) is 15.7. The molecule has 0 saturated carbocycles. The molecule has 0 aliphatic carbocycles. The highest BCUT2D eigenvalue weighted by molar-refractivity contribution is 7.91. The summed E-state index contributed by atoms with van der Waals surface area (Å²) in [5.74, 6) is 1.34. The summed E-state index contributed by atoms with van der Waals surface area (Å²) >= 11 is 0. The van der Waals surface area contributed by atoms with Crippen LogP contribution in [0, 0.1) is 0 Å². The molecule has 2 N–H and O–H groups in total. The van der Waals surface area contributed by atoms with Crippen molar-refractivity contribution in [3.63, 3.8) is 0 Å². The van der Waals surface area contributed by atoms with Crippen LogP contribution in [0.1, 0.15) is 0 Å². The Morgan fingerprint density at radius 3 is 2.15 bits per heavy atom. The number of para-hydroxylation sites is 1. The fourth-order valence-electron chi connectivity index (χ4n) is 3.23. The van der Waals surface area contributed by atoms with Gasteiger partial charge in [-0.05, 0) is 36.4 Å². The second-order valence-corrected chi connectivity index (χ2v) is 8.90. The number of rotatable bonds is 10. The molecule has 3 rings (SSSR count). The average molecular weight is 487 g/mol. The van der Waals surface area contributed by atoms with Crippen molar-refractivity contribution < 1.29 is 32.2 Å². The molecule has 0 saturated heterocycles. The monoisotopic (exact) mass is 486 g/mol. The molecule has 0 unspecified atom stereocenters. The topological polar surface area (TPSA) is 112 Å². The van der Waals surface area contributed by atoms with Gasteiger partial charge in [-0.1, -0.05) is 12.1 Å². The van der Waals surface area contributed by atoms with Gasteiger partial charge in [-0.2, -0.15) is 0 Å². The minimum Gasteiger partial charge on any atom is -0.497 e. The number of methoxy groups -OCH3 is 4. The van der Waals surface area contributed by atoms with E-state index in [-0.39, 0.29) is 27.9 Å². The molecule has 0 aliphatic heterocycles. The maximum Gasteiger partial charge on any atom is 0.243 e. The quantitative estimate of drug-likeness (QED) is 0.447. The molecule has 0 heterocycles. The number of hydrogen-bond acceptors (Lipinski definition) is 8. The van der Waals surface area contributed by atoms with Gasteiger partial charge in [-0.15, -0.1) is 0 Å². The lowest BCUT2D eigenvalue weighted by Gasteiger charge is -2.15. The third-order valence-corrected chi connectivity index (χ3v) is 6.77. The second kappa shape index (κ2) is 10.8. The lowest BCUT2D eigenvalue weighted by Crippen LogP contribution is -2.23. The van der Waals surface area contributed by atoms with Crippen LogP contribution in [-0.2, 0) is 14.6 Å². The highest BCUT2D eigenvalue weighted by atomic mass is 32.2. The van der Waals surface area contributed by atoms with Gasteiger partial charge in [0.25, 0.3) is 0 Å². The number of carbonyl (C=O) groups is 1. The number of hydrogen-bond donors (Lipinski definition) is 2. The van der Waals surface area contributed by atoms with Crippen molar-refractivity contribution in [3.8, 4) is 23.0 Å². The molecule has 3 aromatic rings. The number of nitrogens with one attached hydrogen (secondary N) is 2. The zero-order valence-corrected chi connectivity index (χ0v) is 20.1. The van der Waals surface area contributed by atoms with Crippen molar-refractivity contribution in [1.29, 1.82) is 0 Å². The Balaban J connectivity index is 1.80. The maximum atomic E-state index is 13.3. The molecule has 180 valence electrons. The summed E-state index contributed by atoms with van der Waals surface area (Å²) < 4.78 is 47.5. The highest BCUT2D eigenvalue weighted by Crippen LogP contribution is 2.34. The Kier molecular flexibility index (Phi) is 7.85. The largest absolute Gasteiger partial charge is 0.497 e. The van der Waals surface area contributed by atoms with E-state index >= 15 is 0 Å². The van der Waals surface area contributed by atoms with Crippen molar-refractivity contribution in [1.82, 2.24) is 0 Å². The van der Waals surface area contributed by atoms with E-state index in [1.54, 1.807) is 36.4 Å². The molecule has 0 aromatic heterocycles. The van der Waals surface area contributed by atoms with Crippen molar-refractivity contribution in [2.75, 3.05) is 45.6 Å². The van der Waals surface area contributed by atoms with Gasteiger partial charge in [0.1, 0.15) is 11.5 Å². The molecular weight excluding hydrogens is 460 g/mol. The molecule has 0 fully saturated rings. The SMILES string of the molecule is COc1ccc(NC(=O)CNc2ccccc2S(=O)(=O)c2ccc(OC)c(OC)c2)c(OC)c1. The van der Waals surface area contributed by atoms with Crippen LogP contribution in [0.5, 0.6) is 23.0 Å². The van der Waals surface area contributed by atoms with Gasteiger partial charge in [-0.25, -0.2) is 8.42 Å². The number of amides is 1. The van der Waals surface area contributed by atoms with Crippen LogP contribution in [0.2, 0.25) is 0 Å². The van der Waals surface area contributed by atoms with Crippen LogP contribution < -0.4 is 29.6 Å². The van der Waals surface area contributed by atoms with Crippen molar-refractivity contribution in [3.05, 3.63) is 60.7 Å².